The number of anilines is 1. The van der Waals surface area contributed by atoms with E-state index < -0.39 is 5.97 Å². The number of rotatable bonds is 6. The maximum atomic E-state index is 12.1. The molecule has 2 amide bonds. The van der Waals surface area contributed by atoms with Crippen molar-refractivity contribution in [2.45, 2.75) is 19.4 Å². The zero-order chi connectivity index (χ0) is 14.4. The number of carbonyl (C=O) groups excluding carboxylic acids is 1. The highest BCUT2D eigenvalue weighted by Gasteiger charge is 2.20. The van der Waals surface area contributed by atoms with Crippen molar-refractivity contribution in [1.29, 1.82) is 0 Å². The van der Waals surface area contributed by atoms with E-state index in [-0.39, 0.29) is 17.6 Å². The Labute approximate surface area is 121 Å². The van der Waals surface area contributed by atoms with Crippen LogP contribution in [0.2, 0.25) is 0 Å². The SMILES string of the molecule is CCC(CSC)N(C)C(=O)Nc1sccc1C(=O)O. The molecule has 0 saturated carbocycles. The molecule has 1 heterocycles. The number of carboxylic acids is 1. The lowest BCUT2D eigenvalue weighted by molar-refractivity contribution is 0.0698. The molecule has 0 fully saturated rings. The minimum atomic E-state index is -1.03. The number of thiophene rings is 1. The first kappa shape index (κ1) is 15.8. The monoisotopic (exact) mass is 302 g/mol. The summed E-state index contributed by atoms with van der Waals surface area (Å²) < 4.78 is 0. The fourth-order valence-electron chi connectivity index (χ4n) is 1.62. The molecule has 0 saturated heterocycles. The van der Waals surface area contributed by atoms with Crippen molar-refractivity contribution in [2.75, 3.05) is 24.4 Å². The first-order chi connectivity index (χ1) is 9.01. The fourth-order valence-corrected chi connectivity index (χ4v) is 3.23. The number of hydrogen-bond acceptors (Lipinski definition) is 4. The minimum absolute atomic E-state index is 0.129. The maximum absolute atomic E-state index is 12.1. The van der Waals surface area contributed by atoms with Crippen molar-refractivity contribution < 1.29 is 14.7 Å². The highest BCUT2D eigenvalue weighted by molar-refractivity contribution is 7.98. The molecular formula is C12H18N2O3S2. The Balaban J connectivity index is 2.73. The fraction of sp³-hybridized carbons (Fsp3) is 0.500. The van der Waals surface area contributed by atoms with Gasteiger partial charge in [0, 0.05) is 18.8 Å². The van der Waals surface area contributed by atoms with Gasteiger partial charge in [-0.3, -0.25) is 5.32 Å². The maximum Gasteiger partial charge on any atom is 0.338 e. The van der Waals surface area contributed by atoms with Gasteiger partial charge in [-0.15, -0.1) is 11.3 Å². The van der Waals surface area contributed by atoms with Crippen LogP contribution < -0.4 is 5.32 Å². The van der Waals surface area contributed by atoms with Crippen LogP contribution in [-0.4, -0.2) is 47.1 Å². The zero-order valence-corrected chi connectivity index (χ0v) is 12.8. The second-order valence-electron chi connectivity index (χ2n) is 4.03. The number of amides is 2. The van der Waals surface area contributed by atoms with Crippen LogP contribution in [0.1, 0.15) is 23.7 Å². The lowest BCUT2D eigenvalue weighted by Gasteiger charge is -2.26. The van der Waals surface area contributed by atoms with Crippen molar-refractivity contribution >= 4 is 40.1 Å². The summed E-state index contributed by atoms with van der Waals surface area (Å²) >= 11 is 2.89. The summed E-state index contributed by atoms with van der Waals surface area (Å²) in [6.07, 6.45) is 2.86. The zero-order valence-electron chi connectivity index (χ0n) is 11.2. The minimum Gasteiger partial charge on any atom is -0.478 e. The molecule has 1 unspecified atom stereocenters. The number of aromatic carboxylic acids is 1. The van der Waals surface area contributed by atoms with E-state index in [2.05, 4.69) is 5.32 Å². The predicted molar refractivity (Wildman–Crippen MR) is 80.5 cm³/mol. The number of thioether (sulfide) groups is 1. The Morgan fingerprint density at radius 3 is 2.79 bits per heavy atom. The normalized spacial score (nSPS) is 11.9. The number of nitrogens with zero attached hydrogens (tertiary/aromatic N) is 1. The van der Waals surface area contributed by atoms with Gasteiger partial charge >= 0.3 is 12.0 Å². The number of nitrogens with one attached hydrogen (secondary N) is 1. The van der Waals surface area contributed by atoms with Gasteiger partial charge in [-0.2, -0.15) is 11.8 Å². The van der Waals surface area contributed by atoms with E-state index in [0.717, 1.165) is 12.2 Å². The Morgan fingerprint density at radius 2 is 2.26 bits per heavy atom. The highest BCUT2D eigenvalue weighted by atomic mass is 32.2. The molecule has 2 N–H and O–H groups in total. The Bertz CT molecular complexity index is 448. The summed E-state index contributed by atoms with van der Waals surface area (Å²) in [5, 5.41) is 13.7. The van der Waals surface area contributed by atoms with Crippen LogP contribution in [-0.2, 0) is 0 Å². The lowest BCUT2D eigenvalue weighted by Crippen LogP contribution is -2.41. The van der Waals surface area contributed by atoms with Gasteiger partial charge in [-0.05, 0) is 24.1 Å². The molecule has 1 atom stereocenters. The van der Waals surface area contributed by atoms with E-state index in [9.17, 15) is 9.59 Å². The largest absolute Gasteiger partial charge is 0.478 e. The molecule has 0 radical (unpaired) electrons. The first-order valence-corrected chi connectivity index (χ1v) is 8.12. The Morgan fingerprint density at radius 1 is 1.58 bits per heavy atom. The van der Waals surface area contributed by atoms with E-state index in [1.165, 1.54) is 17.4 Å². The number of carboxylic acid groups (broad SMARTS) is 1. The summed E-state index contributed by atoms with van der Waals surface area (Å²) in [7, 11) is 1.73. The smallest absolute Gasteiger partial charge is 0.338 e. The van der Waals surface area contributed by atoms with Crippen LogP contribution in [0.4, 0.5) is 9.80 Å². The van der Waals surface area contributed by atoms with E-state index in [4.69, 9.17) is 5.11 Å². The Hall–Kier alpha value is -1.21. The molecule has 1 aromatic rings. The molecule has 0 aliphatic rings. The Kier molecular flexibility index (Phi) is 6.17. The third-order valence-corrected chi connectivity index (χ3v) is 4.36. The molecule has 0 bridgehead atoms. The lowest BCUT2D eigenvalue weighted by atomic mass is 10.2. The highest BCUT2D eigenvalue weighted by Crippen LogP contribution is 2.23. The predicted octanol–water partition coefficient (Wildman–Crippen LogP) is 3.05. The molecule has 0 aliphatic heterocycles. The van der Waals surface area contributed by atoms with Crippen LogP contribution in [0.15, 0.2) is 11.4 Å². The molecule has 0 aromatic carbocycles. The molecule has 0 aliphatic carbocycles. The topological polar surface area (TPSA) is 69.6 Å². The van der Waals surface area contributed by atoms with E-state index >= 15 is 0 Å². The van der Waals surface area contributed by atoms with Gasteiger partial charge in [0.2, 0.25) is 0 Å². The summed E-state index contributed by atoms with van der Waals surface area (Å²) in [5.74, 6) is -0.174. The quantitative estimate of drug-likeness (QED) is 0.847. The van der Waals surface area contributed by atoms with Gasteiger partial charge < -0.3 is 10.0 Å². The van der Waals surface area contributed by atoms with E-state index in [1.807, 2.05) is 13.2 Å². The van der Waals surface area contributed by atoms with Gasteiger partial charge in [0.05, 0.1) is 5.56 Å². The molecule has 0 spiro atoms. The van der Waals surface area contributed by atoms with E-state index in [1.54, 1.807) is 29.1 Å². The molecule has 7 heteroatoms. The van der Waals surface area contributed by atoms with Gasteiger partial charge in [-0.1, -0.05) is 6.92 Å². The van der Waals surface area contributed by atoms with E-state index in [0.29, 0.717) is 5.00 Å². The molecule has 5 nitrogen and oxygen atoms in total. The average Bonchev–Trinajstić information content (AvgIpc) is 2.83. The van der Waals surface area contributed by atoms with Gasteiger partial charge in [0.25, 0.3) is 0 Å². The van der Waals surface area contributed by atoms with Gasteiger partial charge in [-0.25, -0.2) is 9.59 Å². The van der Waals surface area contributed by atoms with Crippen LogP contribution in [0.25, 0.3) is 0 Å². The summed E-state index contributed by atoms with van der Waals surface area (Å²) in [6, 6.07) is 1.36. The molecule has 19 heavy (non-hydrogen) atoms. The van der Waals surface area contributed by atoms with Crippen molar-refractivity contribution in [3.63, 3.8) is 0 Å². The summed E-state index contributed by atoms with van der Waals surface area (Å²) in [6.45, 7) is 2.03. The second-order valence-corrected chi connectivity index (χ2v) is 5.85. The van der Waals surface area contributed by atoms with Gasteiger partial charge in [0.15, 0.2) is 0 Å². The van der Waals surface area contributed by atoms with Gasteiger partial charge in [0.1, 0.15) is 5.00 Å². The van der Waals surface area contributed by atoms with Crippen molar-refractivity contribution in [3.05, 3.63) is 17.0 Å². The molecule has 106 valence electrons. The van der Waals surface area contributed by atoms with Crippen LogP contribution >= 0.6 is 23.1 Å². The van der Waals surface area contributed by atoms with Crippen molar-refractivity contribution in [1.82, 2.24) is 4.90 Å². The number of urea groups is 1. The number of hydrogen-bond donors (Lipinski definition) is 2. The van der Waals surface area contributed by atoms with Crippen molar-refractivity contribution in [2.24, 2.45) is 0 Å². The molecule has 1 rings (SSSR count). The van der Waals surface area contributed by atoms with Crippen molar-refractivity contribution in [3.8, 4) is 0 Å². The van der Waals surface area contributed by atoms with Crippen LogP contribution in [0.5, 0.6) is 0 Å². The summed E-state index contributed by atoms with van der Waals surface area (Å²) in [4.78, 5) is 24.7. The second kappa shape index (κ2) is 7.40. The standard InChI is InChI=1S/C12H18N2O3S2/c1-4-8(7-18-3)14(2)12(17)13-10-9(11(15)16)5-6-19-10/h5-6,8H,4,7H2,1-3H3,(H,13,17)(H,15,16). The summed E-state index contributed by atoms with van der Waals surface area (Å²) in [5.41, 5.74) is 0.129. The molecular weight excluding hydrogens is 284 g/mol. The van der Waals surface area contributed by atoms with Crippen LogP contribution in [0, 0.1) is 0 Å². The van der Waals surface area contributed by atoms with Crippen LogP contribution in [0.3, 0.4) is 0 Å². The first-order valence-electron chi connectivity index (χ1n) is 5.84. The third kappa shape index (κ3) is 4.14. The average molecular weight is 302 g/mol. The molecule has 1 aromatic heterocycles. The third-order valence-electron chi connectivity index (χ3n) is 2.81. The number of carbonyl (C=O) groups is 2.